The minimum Gasteiger partial charge on any atom is -0.392 e. The summed E-state index contributed by atoms with van der Waals surface area (Å²) in [5.74, 6) is 0. The molecule has 0 bridgehead atoms. The summed E-state index contributed by atoms with van der Waals surface area (Å²) in [6.07, 6.45) is 1.95. The van der Waals surface area contributed by atoms with Crippen molar-refractivity contribution in [1.82, 2.24) is 9.97 Å². The predicted octanol–water partition coefficient (Wildman–Crippen LogP) is 5.29. The number of aliphatic hydroxyl groups is 1. The number of halogens is 2. The minimum absolute atomic E-state index is 0.0571. The van der Waals surface area contributed by atoms with Gasteiger partial charge in [-0.3, -0.25) is 0 Å². The van der Waals surface area contributed by atoms with Gasteiger partial charge in [0.1, 0.15) is 0 Å². The molecule has 0 aliphatic rings. The van der Waals surface area contributed by atoms with Crippen molar-refractivity contribution in [3.8, 4) is 11.3 Å². The van der Waals surface area contributed by atoms with Crippen LogP contribution in [0.4, 0.5) is 0 Å². The lowest BCUT2D eigenvalue weighted by Crippen LogP contribution is -1.92. The van der Waals surface area contributed by atoms with Crippen LogP contribution in [0.15, 0.2) is 53.1 Å². The molecular weight excluding hydrogens is 376 g/mol. The molecule has 0 saturated carbocycles. The summed E-state index contributed by atoms with van der Waals surface area (Å²) in [6.45, 7) is -0.0571. The van der Waals surface area contributed by atoms with Gasteiger partial charge in [0.25, 0.3) is 0 Å². The molecule has 5 heteroatoms. The van der Waals surface area contributed by atoms with Crippen molar-refractivity contribution in [3.63, 3.8) is 0 Å². The number of pyridine rings is 1. The summed E-state index contributed by atoms with van der Waals surface area (Å²) >= 11 is 9.57. The Labute approximate surface area is 146 Å². The van der Waals surface area contributed by atoms with Crippen LogP contribution >= 0.6 is 27.5 Å². The molecule has 0 aliphatic carbocycles. The van der Waals surface area contributed by atoms with Gasteiger partial charge < -0.3 is 10.1 Å². The number of nitrogens with one attached hydrogen (secondary N) is 1. The molecule has 114 valence electrons. The Balaban J connectivity index is 2.01. The maximum atomic E-state index is 9.72. The molecule has 2 N–H and O–H groups in total. The highest BCUT2D eigenvalue weighted by Crippen LogP contribution is 2.32. The molecule has 0 aliphatic heterocycles. The van der Waals surface area contributed by atoms with E-state index in [1.165, 1.54) is 0 Å². The smallest absolute Gasteiger partial charge is 0.0734 e. The van der Waals surface area contributed by atoms with Gasteiger partial charge in [-0.2, -0.15) is 0 Å². The molecule has 3 nitrogen and oxygen atoms in total. The van der Waals surface area contributed by atoms with Gasteiger partial charge in [0.2, 0.25) is 0 Å². The summed E-state index contributed by atoms with van der Waals surface area (Å²) in [7, 11) is 0. The molecule has 4 aromatic rings. The first kappa shape index (κ1) is 14.7. The second kappa shape index (κ2) is 5.64. The highest BCUT2D eigenvalue weighted by atomic mass is 79.9. The lowest BCUT2D eigenvalue weighted by Gasteiger charge is -2.08. The molecule has 4 rings (SSSR count). The van der Waals surface area contributed by atoms with E-state index in [9.17, 15) is 5.11 Å². The number of aromatic amines is 1. The van der Waals surface area contributed by atoms with Gasteiger partial charge >= 0.3 is 0 Å². The van der Waals surface area contributed by atoms with Gasteiger partial charge in [-0.25, -0.2) is 4.98 Å². The number of benzene rings is 2. The number of rotatable bonds is 2. The van der Waals surface area contributed by atoms with Crippen molar-refractivity contribution in [3.05, 3.63) is 63.7 Å². The predicted molar refractivity (Wildman–Crippen MR) is 97.7 cm³/mol. The van der Waals surface area contributed by atoms with Gasteiger partial charge in [0, 0.05) is 37.5 Å². The van der Waals surface area contributed by atoms with E-state index >= 15 is 0 Å². The first-order chi connectivity index (χ1) is 11.2. The van der Waals surface area contributed by atoms with Crippen molar-refractivity contribution in [2.24, 2.45) is 0 Å². The lowest BCUT2D eigenvalue weighted by molar-refractivity contribution is 0.283. The second-order valence-corrected chi connectivity index (χ2v) is 6.73. The number of hydrogen-bond donors (Lipinski definition) is 2. The largest absolute Gasteiger partial charge is 0.392 e. The highest BCUT2D eigenvalue weighted by molar-refractivity contribution is 9.10. The fourth-order valence-electron chi connectivity index (χ4n) is 2.84. The Hall–Kier alpha value is -1.88. The number of H-pyrrole nitrogens is 1. The van der Waals surface area contributed by atoms with E-state index in [-0.39, 0.29) is 6.61 Å². The molecule has 0 unspecified atom stereocenters. The van der Waals surface area contributed by atoms with Crippen LogP contribution < -0.4 is 0 Å². The van der Waals surface area contributed by atoms with Crippen molar-refractivity contribution in [1.29, 1.82) is 0 Å². The van der Waals surface area contributed by atoms with Crippen LogP contribution in [0, 0.1) is 0 Å². The molecule has 2 aromatic heterocycles. The fourth-order valence-corrected chi connectivity index (χ4v) is 3.37. The monoisotopic (exact) mass is 386 g/mol. The maximum absolute atomic E-state index is 9.72. The molecule has 0 atom stereocenters. The Kier molecular flexibility index (Phi) is 3.60. The summed E-state index contributed by atoms with van der Waals surface area (Å²) in [5.41, 5.74) is 4.52. The van der Waals surface area contributed by atoms with Crippen molar-refractivity contribution >= 4 is 49.3 Å². The van der Waals surface area contributed by atoms with Crippen molar-refractivity contribution in [2.75, 3.05) is 0 Å². The third-order valence-electron chi connectivity index (χ3n) is 3.95. The van der Waals surface area contributed by atoms with E-state index < -0.39 is 0 Å². The van der Waals surface area contributed by atoms with Gasteiger partial charge in [-0.15, -0.1) is 0 Å². The third kappa shape index (κ3) is 2.53. The summed E-state index contributed by atoms with van der Waals surface area (Å²) in [6, 6.07) is 13.5. The molecule has 2 heterocycles. The molecule has 2 aromatic carbocycles. The first-order valence-corrected chi connectivity index (χ1v) is 8.30. The Bertz CT molecular complexity index is 1040. The molecule has 0 fully saturated rings. The zero-order valence-corrected chi connectivity index (χ0v) is 14.3. The molecule has 0 saturated heterocycles. The third-order valence-corrected chi connectivity index (χ3v) is 4.67. The normalized spacial score (nSPS) is 11.4. The molecule has 0 radical (unpaired) electrons. The number of hydrogen-bond acceptors (Lipinski definition) is 2. The van der Waals surface area contributed by atoms with Gasteiger partial charge in [0.15, 0.2) is 0 Å². The first-order valence-electron chi connectivity index (χ1n) is 7.13. The Morgan fingerprint density at radius 2 is 1.96 bits per heavy atom. The average molecular weight is 388 g/mol. The van der Waals surface area contributed by atoms with E-state index in [1.807, 2.05) is 42.6 Å². The fraction of sp³-hybridized carbons (Fsp3) is 0.0556. The van der Waals surface area contributed by atoms with Gasteiger partial charge in [-0.05, 0) is 48.0 Å². The van der Waals surface area contributed by atoms with Crippen LogP contribution in [-0.2, 0) is 6.61 Å². The number of nitrogens with zero attached hydrogens (tertiary/aromatic N) is 1. The number of aromatic nitrogens is 2. The van der Waals surface area contributed by atoms with Crippen LogP contribution in [-0.4, -0.2) is 15.1 Å². The second-order valence-electron chi connectivity index (χ2n) is 5.38. The number of aliphatic hydroxyl groups excluding tert-OH is 1. The zero-order chi connectivity index (χ0) is 16.0. The van der Waals surface area contributed by atoms with Crippen molar-refractivity contribution in [2.45, 2.75) is 6.61 Å². The Morgan fingerprint density at radius 3 is 2.78 bits per heavy atom. The minimum atomic E-state index is -0.0571. The standard InChI is InChI=1S/C18H12BrClN2O/c19-11-1-3-16-14(6-11)15(8-21-16)18-5-10(9-23)13-7-12(20)2-4-17(13)22-18/h1-8,21,23H,9H2. The van der Waals surface area contributed by atoms with Crippen LogP contribution in [0.3, 0.4) is 0 Å². The molecular formula is C18H12BrClN2O. The van der Waals surface area contributed by atoms with Crippen LogP contribution in [0.2, 0.25) is 5.02 Å². The molecule has 23 heavy (non-hydrogen) atoms. The van der Waals surface area contributed by atoms with Gasteiger partial charge in [-0.1, -0.05) is 27.5 Å². The SMILES string of the molecule is OCc1cc(-c2c[nH]c3ccc(Br)cc23)nc2ccc(Cl)cc12. The Morgan fingerprint density at radius 1 is 1.09 bits per heavy atom. The van der Waals surface area contributed by atoms with E-state index in [4.69, 9.17) is 16.6 Å². The lowest BCUT2D eigenvalue weighted by atomic mass is 10.0. The topological polar surface area (TPSA) is 48.9 Å². The van der Waals surface area contributed by atoms with E-state index in [2.05, 4.69) is 27.0 Å². The van der Waals surface area contributed by atoms with Crippen LogP contribution in [0.1, 0.15) is 5.56 Å². The van der Waals surface area contributed by atoms with Gasteiger partial charge in [0.05, 0.1) is 17.8 Å². The highest BCUT2D eigenvalue weighted by Gasteiger charge is 2.12. The molecule has 0 spiro atoms. The van der Waals surface area contributed by atoms with Crippen molar-refractivity contribution < 1.29 is 5.11 Å². The maximum Gasteiger partial charge on any atom is 0.0734 e. The zero-order valence-electron chi connectivity index (χ0n) is 12.0. The van der Waals surface area contributed by atoms with E-state index in [0.29, 0.717) is 5.02 Å². The molecule has 0 amide bonds. The number of fused-ring (bicyclic) bond motifs is 2. The average Bonchev–Trinajstić information content (AvgIpc) is 2.97. The summed E-state index contributed by atoms with van der Waals surface area (Å²) < 4.78 is 1.01. The van der Waals surface area contributed by atoms with Crippen LogP contribution in [0.25, 0.3) is 33.1 Å². The van der Waals surface area contributed by atoms with E-state index in [1.54, 1.807) is 0 Å². The summed E-state index contributed by atoms with van der Waals surface area (Å²) in [4.78, 5) is 8.01. The summed E-state index contributed by atoms with van der Waals surface area (Å²) in [5, 5.41) is 12.3. The van der Waals surface area contributed by atoms with Crippen LogP contribution in [0.5, 0.6) is 0 Å². The van der Waals surface area contributed by atoms with E-state index in [0.717, 1.165) is 43.1 Å². The quantitative estimate of drug-likeness (QED) is 0.491.